The second-order valence-corrected chi connectivity index (χ2v) is 35.6. The molecule has 110 heavy (non-hydrogen) atoms. The van der Waals surface area contributed by atoms with E-state index >= 15 is 0 Å². The fourth-order valence-corrected chi connectivity index (χ4v) is 16.0. The minimum atomic E-state index is -4.97. The number of aliphatic hydroxyl groups excluding tert-OH is 1. The first-order chi connectivity index (χ1) is 53.7. The lowest BCUT2D eigenvalue weighted by Gasteiger charge is -2.21. The Kier molecular flexibility index (Phi) is 83.5. The molecule has 0 saturated carbocycles. The second-order valence-electron chi connectivity index (χ2n) is 32.7. The van der Waals surface area contributed by atoms with E-state index in [1.165, 1.54) is 321 Å². The molecule has 0 aliphatic heterocycles. The molecule has 0 bridgehead atoms. The molecule has 0 aliphatic carbocycles. The maximum Gasteiger partial charge on any atom is 0.472 e. The standard InChI is InChI=1S/C91H178O17P2/c1-5-9-13-17-21-24-27-30-33-36-39-42-44-47-50-53-56-59-62-66-70-74-78-91(96)108-87(82-102-89(94)76-72-68-64-60-57-54-51-48-46-43-40-37-34-31-28-25-22-18-14-10-6-2)84-106-110(99,100)104-80-85(92)79-103-109(97,98)105-83-86(81-101-88(93)75-71-67-63-20-16-12-8-4)107-90(95)77-73-69-65-61-58-55-52-49-45-41-38-35-32-29-26-23-19-15-11-7-3/h85-87,92H,5-84H2,1-4H3,(H,97,98)(H,99,100)/t85-,86+,87+/m0/s1. The maximum absolute atomic E-state index is 13.2. The van der Waals surface area contributed by atoms with E-state index in [0.717, 1.165) is 103 Å². The summed E-state index contributed by atoms with van der Waals surface area (Å²) in [4.78, 5) is 73.2. The van der Waals surface area contributed by atoms with Gasteiger partial charge in [-0.05, 0) is 25.7 Å². The molecule has 654 valence electrons. The number of hydrogen-bond acceptors (Lipinski definition) is 15. The van der Waals surface area contributed by atoms with Crippen molar-refractivity contribution in [3.8, 4) is 0 Å². The SMILES string of the molecule is CCCCCCCCCCCCCCCCCCCCCCCCC(=O)O[C@H](COC(=O)CCCCCCCCCCCCCCCCCCCCCCC)COP(=O)(O)OC[C@@H](O)COP(=O)(O)OC[C@@H](COC(=O)CCCCCCCCC)OC(=O)CCCCCCCCCCCCCCCCCCCCCC. The number of rotatable bonds is 92. The van der Waals surface area contributed by atoms with Crippen LogP contribution >= 0.6 is 15.6 Å². The van der Waals surface area contributed by atoms with Crippen molar-refractivity contribution in [3.05, 3.63) is 0 Å². The van der Waals surface area contributed by atoms with Crippen LogP contribution in [0.5, 0.6) is 0 Å². The summed E-state index contributed by atoms with van der Waals surface area (Å²) in [6, 6.07) is 0. The summed E-state index contributed by atoms with van der Waals surface area (Å²) >= 11 is 0. The van der Waals surface area contributed by atoms with E-state index in [-0.39, 0.29) is 25.7 Å². The Bertz CT molecular complexity index is 2070. The predicted octanol–water partition coefficient (Wildman–Crippen LogP) is 28.5. The molecule has 0 aromatic carbocycles. The van der Waals surface area contributed by atoms with E-state index in [2.05, 4.69) is 27.7 Å². The lowest BCUT2D eigenvalue weighted by molar-refractivity contribution is -0.161. The van der Waals surface area contributed by atoms with Crippen molar-refractivity contribution in [2.45, 2.75) is 521 Å². The third-order valence-corrected chi connectivity index (χ3v) is 23.5. The fourth-order valence-electron chi connectivity index (χ4n) is 14.4. The average molecular weight is 1610 g/mol. The monoisotopic (exact) mass is 1610 g/mol. The molecule has 17 nitrogen and oxygen atoms in total. The Balaban J connectivity index is 5.13. The fraction of sp³-hybridized carbons (Fsp3) is 0.956. The number of phosphoric acid groups is 2. The quantitative estimate of drug-likeness (QED) is 0.0222. The van der Waals surface area contributed by atoms with Crippen molar-refractivity contribution >= 4 is 39.5 Å². The van der Waals surface area contributed by atoms with Gasteiger partial charge in [-0.3, -0.25) is 37.3 Å². The Morgan fingerprint density at radius 3 is 0.536 bits per heavy atom. The zero-order chi connectivity index (χ0) is 80.3. The van der Waals surface area contributed by atoms with Crippen LogP contribution in [0.1, 0.15) is 503 Å². The van der Waals surface area contributed by atoms with Gasteiger partial charge in [0.25, 0.3) is 0 Å². The van der Waals surface area contributed by atoms with E-state index in [1.807, 2.05) is 0 Å². The van der Waals surface area contributed by atoms with Crippen LogP contribution in [0.3, 0.4) is 0 Å². The number of carbonyl (C=O) groups excluding carboxylic acids is 4. The van der Waals surface area contributed by atoms with E-state index in [4.69, 9.17) is 37.0 Å². The molecule has 0 amide bonds. The molecule has 0 aromatic heterocycles. The molecule has 0 aromatic rings. The maximum atomic E-state index is 13.2. The molecule has 2 unspecified atom stereocenters. The molecule has 0 heterocycles. The normalized spacial score (nSPS) is 13.6. The summed E-state index contributed by atoms with van der Waals surface area (Å²) in [5, 5.41) is 10.7. The van der Waals surface area contributed by atoms with Crippen LogP contribution in [-0.4, -0.2) is 96.7 Å². The molecule has 0 fully saturated rings. The summed E-state index contributed by atoms with van der Waals surface area (Å²) in [5.41, 5.74) is 0. The van der Waals surface area contributed by atoms with E-state index < -0.39 is 97.5 Å². The van der Waals surface area contributed by atoms with Crippen molar-refractivity contribution < 1.29 is 80.2 Å². The number of aliphatic hydroxyl groups is 1. The molecular formula is C91H178O17P2. The van der Waals surface area contributed by atoms with Gasteiger partial charge in [-0.2, -0.15) is 0 Å². The first-order valence-electron chi connectivity index (χ1n) is 47.3. The van der Waals surface area contributed by atoms with Gasteiger partial charge in [-0.25, -0.2) is 9.13 Å². The van der Waals surface area contributed by atoms with Crippen LogP contribution in [0.15, 0.2) is 0 Å². The highest BCUT2D eigenvalue weighted by molar-refractivity contribution is 7.47. The molecule has 3 N–H and O–H groups in total. The molecule has 0 spiro atoms. The van der Waals surface area contributed by atoms with Crippen LogP contribution in [0.25, 0.3) is 0 Å². The van der Waals surface area contributed by atoms with Crippen molar-refractivity contribution in [3.63, 3.8) is 0 Å². The summed E-state index contributed by atoms with van der Waals surface area (Å²) in [6.07, 6.45) is 82.5. The topological polar surface area (TPSA) is 237 Å². The Hall–Kier alpha value is -1.94. The smallest absolute Gasteiger partial charge is 0.462 e. The number of ether oxygens (including phenoxy) is 4. The van der Waals surface area contributed by atoms with Gasteiger partial charge >= 0.3 is 39.5 Å². The molecule has 5 atom stereocenters. The van der Waals surface area contributed by atoms with Gasteiger partial charge in [0.15, 0.2) is 12.2 Å². The van der Waals surface area contributed by atoms with Gasteiger partial charge in [-0.15, -0.1) is 0 Å². The highest BCUT2D eigenvalue weighted by atomic mass is 31.2. The molecule has 19 heteroatoms. The number of hydrogen-bond donors (Lipinski definition) is 3. The van der Waals surface area contributed by atoms with Gasteiger partial charge in [0, 0.05) is 25.7 Å². The highest BCUT2D eigenvalue weighted by Crippen LogP contribution is 2.45. The van der Waals surface area contributed by atoms with Gasteiger partial charge in [0.2, 0.25) is 0 Å². The molecular weight excluding hydrogens is 1430 g/mol. The Morgan fingerprint density at radius 1 is 0.218 bits per heavy atom. The van der Waals surface area contributed by atoms with Crippen LogP contribution in [0, 0.1) is 0 Å². The largest absolute Gasteiger partial charge is 0.472 e. The summed E-state index contributed by atoms with van der Waals surface area (Å²) in [6.45, 7) is 5.04. The van der Waals surface area contributed by atoms with E-state index in [0.29, 0.717) is 25.7 Å². The number of phosphoric ester groups is 2. The molecule has 0 radical (unpaired) electrons. The van der Waals surface area contributed by atoms with Crippen LogP contribution < -0.4 is 0 Å². The lowest BCUT2D eigenvalue weighted by Crippen LogP contribution is -2.30. The third kappa shape index (κ3) is 84.0. The number of carbonyl (C=O) groups is 4. The Morgan fingerprint density at radius 2 is 0.364 bits per heavy atom. The van der Waals surface area contributed by atoms with Gasteiger partial charge in [0.05, 0.1) is 26.4 Å². The molecule has 0 rings (SSSR count). The van der Waals surface area contributed by atoms with Crippen LogP contribution in [-0.2, 0) is 65.4 Å². The van der Waals surface area contributed by atoms with Crippen molar-refractivity contribution in [2.75, 3.05) is 39.6 Å². The Labute approximate surface area is 677 Å². The first-order valence-corrected chi connectivity index (χ1v) is 50.3. The van der Waals surface area contributed by atoms with E-state index in [9.17, 15) is 43.2 Å². The van der Waals surface area contributed by atoms with Gasteiger partial charge in [-0.1, -0.05) is 451 Å². The van der Waals surface area contributed by atoms with Crippen LogP contribution in [0.4, 0.5) is 0 Å². The zero-order valence-electron chi connectivity index (χ0n) is 72.3. The summed E-state index contributed by atoms with van der Waals surface area (Å²) in [7, 11) is -9.93. The second kappa shape index (κ2) is 85.0. The summed E-state index contributed by atoms with van der Waals surface area (Å²) < 4.78 is 68.9. The van der Waals surface area contributed by atoms with Crippen molar-refractivity contribution in [1.82, 2.24) is 0 Å². The molecule has 0 saturated heterocycles. The van der Waals surface area contributed by atoms with E-state index in [1.54, 1.807) is 0 Å². The van der Waals surface area contributed by atoms with Gasteiger partial charge in [0.1, 0.15) is 19.3 Å². The van der Waals surface area contributed by atoms with Gasteiger partial charge < -0.3 is 33.8 Å². The minimum absolute atomic E-state index is 0.109. The number of esters is 4. The highest BCUT2D eigenvalue weighted by Gasteiger charge is 2.31. The van der Waals surface area contributed by atoms with Crippen molar-refractivity contribution in [1.29, 1.82) is 0 Å². The van der Waals surface area contributed by atoms with Crippen molar-refractivity contribution in [2.24, 2.45) is 0 Å². The molecule has 0 aliphatic rings. The lowest BCUT2D eigenvalue weighted by atomic mass is 10.0. The number of unbranched alkanes of at least 4 members (excludes halogenated alkanes) is 66. The predicted molar refractivity (Wildman–Crippen MR) is 455 cm³/mol. The average Bonchev–Trinajstić information content (AvgIpc) is 0.898. The first kappa shape index (κ1) is 108. The minimum Gasteiger partial charge on any atom is -0.462 e. The zero-order valence-corrected chi connectivity index (χ0v) is 74.0. The van der Waals surface area contributed by atoms with Crippen LogP contribution in [0.2, 0.25) is 0 Å². The summed E-state index contributed by atoms with van der Waals surface area (Å²) in [5.74, 6) is -2.10. The third-order valence-electron chi connectivity index (χ3n) is 21.6.